The van der Waals surface area contributed by atoms with Gasteiger partial charge in [0.15, 0.2) is 5.69 Å². The molecule has 0 aliphatic carbocycles. The summed E-state index contributed by atoms with van der Waals surface area (Å²) in [6.45, 7) is 2.00. The molecule has 126 valence electrons. The van der Waals surface area contributed by atoms with Crippen molar-refractivity contribution in [3.63, 3.8) is 0 Å². The number of hydrogen-bond acceptors (Lipinski definition) is 6. The van der Waals surface area contributed by atoms with E-state index in [1.54, 1.807) is 29.5 Å². The largest absolute Gasteiger partial charge is 0.291 e. The number of nitro benzene ring substituents is 1. The number of aromatic nitrogens is 2. The molecular formula is C16H13N5O3S. The number of nitrogens with one attached hydrogen (secondary N) is 2. The number of nitro groups is 1. The Morgan fingerprint density at radius 3 is 2.92 bits per heavy atom. The molecule has 1 aromatic carbocycles. The van der Waals surface area contributed by atoms with Crippen molar-refractivity contribution >= 4 is 29.1 Å². The van der Waals surface area contributed by atoms with Gasteiger partial charge in [-0.15, -0.1) is 11.3 Å². The number of carbonyl (C=O) groups is 1. The fourth-order valence-electron chi connectivity index (χ4n) is 2.08. The van der Waals surface area contributed by atoms with Gasteiger partial charge in [0, 0.05) is 22.6 Å². The third-order valence-electron chi connectivity index (χ3n) is 3.28. The number of nitrogens with zero attached hydrogens (tertiary/aromatic N) is 3. The lowest BCUT2D eigenvalue weighted by Crippen LogP contribution is -2.18. The Labute approximate surface area is 146 Å². The molecule has 3 aromatic rings. The van der Waals surface area contributed by atoms with Crippen molar-refractivity contribution in [1.29, 1.82) is 0 Å². The molecular weight excluding hydrogens is 342 g/mol. The lowest BCUT2D eigenvalue weighted by molar-refractivity contribution is -0.384. The predicted octanol–water partition coefficient (Wildman–Crippen LogP) is 3.12. The highest BCUT2D eigenvalue weighted by Crippen LogP contribution is 2.26. The van der Waals surface area contributed by atoms with Gasteiger partial charge in [-0.2, -0.15) is 10.2 Å². The molecule has 2 heterocycles. The van der Waals surface area contributed by atoms with Gasteiger partial charge in [0.25, 0.3) is 11.6 Å². The van der Waals surface area contributed by atoms with Gasteiger partial charge in [-0.25, -0.2) is 5.43 Å². The number of non-ortho nitro benzene ring substituents is 1. The Hall–Kier alpha value is -3.33. The number of amides is 1. The minimum atomic E-state index is -0.493. The molecule has 0 saturated heterocycles. The number of hydrazone groups is 1. The van der Waals surface area contributed by atoms with Crippen LogP contribution < -0.4 is 5.43 Å². The standard InChI is InChI=1S/C16H13N5O3S/c1-10-5-6-15(25-10)13-8-14(19-18-13)16(22)20-17-9-11-3-2-4-12(7-11)21(23)24/h2-9H,1H3,(H,18,19)(H,20,22)/b17-9-. The summed E-state index contributed by atoms with van der Waals surface area (Å²) in [5.74, 6) is -0.475. The Bertz CT molecular complexity index is 960. The molecule has 2 N–H and O–H groups in total. The predicted molar refractivity (Wildman–Crippen MR) is 94.8 cm³/mol. The first-order valence-corrected chi connectivity index (χ1v) is 8.04. The van der Waals surface area contributed by atoms with E-state index in [-0.39, 0.29) is 11.4 Å². The van der Waals surface area contributed by atoms with Gasteiger partial charge >= 0.3 is 0 Å². The van der Waals surface area contributed by atoms with Crippen LogP contribution in [-0.4, -0.2) is 27.2 Å². The fraction of sp³-hybridized carbons (Fsp3) is 0.0625. The van der Waals surface area contributed by atoms with E-state index >= 15 is 0 Å². The minimum absolute atomic E-state index is 0.0431. The molecule has 0 bridgehead atoms. The number of rotatable bonds is 5. The van der Waals surface area contributed by atoms with Crippen molar-refractivity contribution in [3.05, 3.63) is 68.7 Å². The van der Waals surface area contributed by atoms with Gasteiger partial charge in [-0.3, -0.25) is 20.0 Å². The molecule has 0 unspecified atom stereocenters. The maximum atomic E-state index is 12.0. The summed E-state index contributed by atoms with van der Waals surface area (Å²) in [6, 6.07) is 11.5. The number of H-pyrrole nitrogens is 1. The lowest BCUT2D eigenvalue weighted by atomic mass is 10.2. The molecule has 25 heavy (non-hydrogen) atoms. The van der Waals surface area contributed by atoms with E-state index in [0.29, 0.717) is 5.56 Å². The highest BCUT2D eigenvalue weighted by Gasteiger charge is 2.11. The van der Waals surface area contributed by atoms with Crippen LogP contribution in [-0.2, 0) is 0 Å². The molecule has 0 fully saturated rings. The van der Waals surface area contributed by atoms with Crippen molar-refractivity contribution in [3.8, 4) is 10.6 Å². The number of benzene rings is 1. The summed E-state index contributed by atoms with van der Waals surface area (Å²) in [5, 5.41) is 21.3. The first kappa shape index (κ1) is 16.5. The molecule has 8 nitrogen and oxygen atoms in total. The number of carbonyl (C=O) groups excluding carboxylic acids is 1. The third kappa shape index (κ3) is 3.96. The van der Waals surface area contributed by atoms with Gasteiger partial charge in [-0.05, 0) is 25.1 Å². The normalized spacial score (nSPS) is 10.9. The molecule has 0 aliphatic rings. The molecule has 0 aliphatic heterocycles. The molecule has 3 rings (SSSR count). The van der Waals surface area contributed by atoms with Crippen molar-refractivity contribution in [1.82, 2.24) is 15.6 Å². The zero-order chi connectivity index (χ0) is 17.8. The molecule has 0 spiro atoms. The Kier molecular flexibility index (Phi) is 4.66. The van der Waals surface area contributed by atoms with Crippen LogP contribution in [0.25, 0.3) is 10.6 Å². The van der Waals surface area contributed by atoms with Crippen LogP contribution in [0.15, 0.2) is 47.6 Å². The van der Waals surface area contributed by atoms with Crippen molar-refractivity contribution < 1.29 is 9.72 Å². The van der Waals surface area contributed by atoms with E-state index in [1.807, 2.05) is 19.1 Å². The van der Waals surface area contributed by atoms with E-state index in [0.717, 1.165) is 15.4 Å². The summed E-state index contributed by atoms with van der Waals surface area (Å²) in [4.78, 5) is 24.4. The zero-order valence-electron chi connectivity index (χ0n) is 13.1. The number of aryl methyl sites for hydroxylation is 1. The van der Waals surface area contributed by atoms with Gasteiger partial charge in [-0.1, -0.05) is 12.1 Å². The van der Waals surface area contributed by atoms with E-state index in [9.17, 15) is 14.9 Å². The molecule has 0 atom stereocenters. The van der Waals surface area contributed by atoms with Crippen LogP contribution in [0.2, 0.25) is 0 Å². The van der Waals surface area contributed by atoms with Crippen molar-refractivity contribution in [2.24, 2.45) is 5.10 Å². The SMILES string of the molecule is Cc1ccc(-c2cc(C(=O)N/N=C\c3cccc([N+](=O)[O-])c3)n[nH]2)s1. The summed E-state index contributed by atoms with van der Waals surface area (Å²) < 4.78 is 0. The average molecular weight is 355 g/mol. The summed E-state index contributed by atoms with van der Waals surface area (Å²) >= 11 is 1.60. The highest BCUT2D eigenvalue weighted by molar-refractivity contribution is 7.15. The monoisotopic (exact) mass is 355 g/mol. The summed E-state index contributed by atoms with van der Waals surface area (Å²) in [7, 11) is 0. The molecule has 0 radical (unpaired) electrons. The van der Waals surface area contributed by atoms with E-state index in [1.165, 1.54) is 18.3 Å². The van der Waals surface area contributed by atoms with E-state index in [4.69, 9.17) is 0 Å². The average Bonchev–Trinajstić information content (AvgIpc) is 3.24. The quantitative estimate of drug-likeness (QED) is 0.416. The van der Waals surface area contributed by atoms with Crippen LogP contribution in [0.3, 0.4) is 0 Å². The first-order valence-electron chi connectivity index (χ1n) is 7.23. The minimum Gasteiger partial charge on any atom is -0.276 e. The fourth-order valence-corrected chi connectivity index (χ4v) is 2.92. The number of thiophene rings is 1. The Morgan fingerprint density at radius 1 is 1.36 bits per heavy atom. The third-order valence-corrected chi connectivity index (χ3v) is 4.31. The Morgan fingerprint density at radius 2 is 2.20 bits per heavy atom. The van der Waals surface area contributed by atoms with E-state index in [2.05, 4.69) is 20.7 Å². The van der Waals surface area contributed by atoms with Crippen molar-refractivity contribution in [2.45, 2.75) is 6.92 Å². The van der Waals surface area contributed by atoms with Crippen LogP contribution >= 0.6 is 11.3 Å². The maximum absolute atomic E-state index is 12.0. The summed E-state index contributed by atoms with van der Waals surface area (Å²) in [5.41, 5.74) is 3.77. The number of hydrogen-bond donors (Lipinski definition) is 2. The maximum Gasteiger partial charge on any atom is 0.291 e. The second kappa shape index (κ2) is 7.05. The van der Waals surface area contributed by atoms with Gasteiger partial charge in [0.1, 0.15) is 0 Å². The molecule has 9 heteroatoms. The molecule has 2 aromatic heterocycles. The van der Waals surface area contributed by atoms with Crippen LogP contribution in [0.1, 0.15) is 20.9 Å². The Balaban J connectivity index is 1.66. The van der Waals surface area contributed by atoms with Crippen LogP contribution in [0.5, 0.6) is 0 Å². The van der Waals surface area contributed by atoms with E-state index < -0.39 is 10.8 Å². The topological polar surface area (TPSA) is 113 Å². The molecule has 1 amide bonds. The highest BCUT2D eigenvalue weighted by atomic mass is 32.1. The lowest BCUT2D eigenvalue weighted by Gasteiger charge is -1.96. The second-order valence-electron chi connectivity index (χ2n) is 5.13. The number of aromatic amines is 1. The van der Waals surface area contributed by atoms with Crippen molar-refractivity contribution in [2.75, 3.05) is 0 Å². The zero-order valence-corrected chi connectivity index (χ0v) is 13.9. The second-order valence-corrected chi connectivity index (χ2v) is 6.42. The summed E-state index contributed by atoms with van der Waals surface area (Å²) in [6.07, 6.45) is 1.33. The van der Waals surface area contributed by atoms with Gasteiger partial charge in [0.2, 0.25) is 0 Å². The molecule has 0 saturated carbocycles. The van der Waals surface area contributed by atoms with Gasteiger partial charge in [0.05, 0.1) is 21.7 Å². The first-order chi connectivity index (χ1) is 12.0. The van der Waals surface area contributed by atoms with Gasteiger partial charge < -0.3 is 0 Å². The smallest absolute Gasteiger partial charge is 0.276 e. The van der Waals surface area contributed by atoms with Crippen LogP contribution in [0, 0.1) is 17.0 Å². The van der Waals surface area contributed by atoms with Crippen LogP contribution in [0.4, 0.5) is 5.69 Å².